The van der Waals surface area contributed by atoms with Crippen molar-refractivity contribution in [3.8, 4) is 11.5 Å². The number of rotatable bonds is 4. The van der Waals surface area contributed by atoms with E-state index in [1.54, 1.807) is 12.3 Å². The number of nitrogens with one attached hydrogen (secondary N) is 3. The molecule has 0 bridgehead atoms. The number of H-pyrrole nitrogens is 1. The van der Waals surface area contributed by atoms with Gasteiger partial charge in [-0.1, -0.05) is 0 Å². The van der Waals surface area contributed by atoms with E-state index < -0.39 is 5.82 Å². The van der Waals surface area contributed by atoms with Crippen molar-refractivity contribution < 1.29 is 9.18 Å². The minimum Gasteiger partial charge on any atom is -0.365 e. The highest BCUT2D eigenvalue weighted by Crippen LogP contribution is 2.26. The lowest BCUT2D eigenvalue weighted by molar-refractivity contribution is 0.199. The van der Waals surface area contributed by atoms with Gasteiger partial charge in [-0.2, -0.15) is 10.2 Å². The van der Waals surface area contributed by atoms with Gasteiger partial charge in [-0.25, -0.2) is 19.2 Å². The average molecular weight is 425 g/mol. The lowest BCUT2D eigenvalue weighted by Crippen LogP contribution is -2.47. The quantitative estimate of drug-likeness (QED) is 0.586. The summed E-state index contributed by atoms with van der Waals surface area (Å²) >= 11 is 0. The Morgan fingerprint density at radius 3 is 2.90 bits per heavy atom. The maximum absolute atomic E-state index is 14.5. The number of hydrogen-bond donors (Lipinski definition) is 3. The molecule has 4 heterocycles. The molecule has 10 nitrogen and oxygen atoms in total. The molecule has 3 N–H and O–H groups in total. The second-order valence-corrected chi connectivity index (χ2v) is 8.10. The second-order valence-electron chi connectivity index (χ2n) is 8.10. The molecule has 0 aromatic carbocycles. The van der Waals surface area contributed by atoms with Crippen LogP contribution in [0.2, 0.25) is 0 Å². The molecule has 5 rings (SSSR count). The molecule has 11 heteroatoms. The third-order valence-corrected chi connectivity index (χ3v) is 5.94. The van der Waals surface area contributed by atoms with Gasteiger partial charge in [0.2, 0.25) is 0 Å². The molecule has 2 aliphatic rings. The molecular formula is C20H24FN9O. The van der Waals surface area contributed by atoms with Gasteiger partial charge in [-0.05, 0) is 44.6 Å². The molecule has 0 radical (unpaired) electrons. The molecule has 1 saturated carbocycles. The van der Waals surface area contributed by atoms with Crippen LogP contribution in [0.1, 0.15) is 38.5 Å². The molecule has 3 aromatic heterocycles. The minimum absolute atomic E-state index is 0.00663. The van der Waals surface area contributed by atoms with Crippen LogP contribution in [0.5, 0.6) is 0 Å². The Morgan fingerprint density at radius 2 is 2.03 bits per heavy atom. The molecule has 1 saturated heterocycles. The number of nitrogens with zero attached hydrogens (tertiary/aromatic N) is 6. The Bertz CT molecular complexity index is 1080. The number of anilines is 1. The maximum atomic E-state index is 14.5. The van der Waals surface area contributed by atoms with Crippen LogP contribution in [0.25, 0.3) is 22.6 Å². The van der Waals surface area contributed by atoms with Crippen molar-refractivity contribution in [2.45, 2.75) is 50.6 Å². The van der Waals surface area contributed by atoms with Crippen LogP contribution in [-0.2, 0) is 0 Å². The molecule has 2 amide bonds. The van der Waals surface area contributed by atoms with Gasteiger partial charge in [0, 0.05) is 25.2 Å². The Balaban J connectivity index is 1.29. The summed E-state index contributed by atoms with van der Waals surface area (Å²) in [6, 6.07) is 1.84. The third-order valence-electron chi connectivity index (χ3n) is 5.94. The van der Waals surface area contributed by atoms with Crippen LogP contribution in [0.4, 0.5) is 15.0 Å². The molecule has 162 valence electrons. The van der Waals surface area contributed by atoms with Gasteiger partial charge in [0.05, 0.1) is 17.8 Å². The Labute approximate surface area is 178 Å². The van der Waals surface area contributed by atoms with Crippen molar-refractivity contribution in [1.29, 1.82) is 0 Å². The van der Waals surface area contributed by atoms with Gasteiger partial charge in [-0.15, -0.1) is 5.10 Å². The predicted octanol–water partition coefficient (Wildman–Crippen LogP) is 2.48. The van der Waals surface area contributed by atoms with Crippen molar-refractivity contribution in [2.75, 3.05) is 18.4 Å². The van der Waals surface area contributed by atoms with Gasteiger partial charge >= 0.3 is 6.03 Å². The third kappa shape index (κ3) is 4.12. The SMILES string of the molecule is O=C(N[C@@H]1CCC[C@H](Nc2nc(-c3n[nH]c4nnccc34)ncc2F)C1)N1CCCC1. The number of likely N-dealkylation sites (tertiary alicyclic amines) is 1. The highest BCUT2D eigenvalue weighted by atomic mass is 19.1. The highest BCUT2D eigenvalue weighted by molar-refractivity contribution is 5.88. The molecule has 1 aliphatic heterocycles. The van der Waals surface area contributed by atoms with Crippen molar-refractivity contribution >= 4 is 22.9 Å². The van der Waals surface area contributed by atoms with Crippen molar-refractivity contribution in [3.05, 3.63) is 24.3 Å². The van der Waals surface area contributed by atoms with E-state index in [0.29, 0.717) is 17.2 Å². The standard InChI is InChI=1S/C20H24FN9O/c21-15-11-22-19(16-14-6-7-23-28-17(14)29-27-16)26-18(15)24-12-4-3-5-13(10-12)25-20(31)30-8-1-2-9-30/h6-7,11-13H,1-5,8-10H2,(H,25,31)(H,22,24,26)(H,27,28,29)/t12-,13+/m0/s1. The van der Waals surface area contributed by atoms with Crippen LogP contribution >= 0.6 is 0 Å². The summed E-state index contributed by atoms with van der Waals surface area (Å²) in [5.41, 5.74) is 1.01. The second kappa shape index (κ2) is 8.40. The molecule has 0 spiro atoms. The topological polar surface area (TPSA) is 125 Å². The maximum Gasteiger partial charge on any atom is 0.317 e. The molecule has 2 atom stereocenters. The first-order chi connectivity index (χ1) is 15.2. The van der Waals surface area contributed by atoms with Crippen molar-refractivity contribution in [2.24, 2.45) is 0 Å². The summed E-state index contributed by atoms with van der Waals surface area (Å²) in [6.07, 6.45) is 8.32. The van der Waals surface area contributed by atoms with Crippen LogP contribution in [0, 0.1) is 5.82 Å². The lowest BCUT2D eigenvalue weighted by Gasteiger charge is -2.31. The highest BCUT2D eigenvalue weighted by Gasteiger charge is 2.27. The number of hydrogen-bond acceptors (Lipinski definition) is 7. The number of carbonyl (C=O) groups excluding carboxylic acids is 1. The van der Waals surface area contributed by atoms with E-state index in [9.17, 15) is 9.18 Å². The Morgan fingerprint density at radius 1 is 1.19 bits per heavy atom. The number of urea groups is 1. The number of amides is 2. The zero-order chi connectivity index (χ0) is 21.2. The average Bonchev–Trinajstić information content (AvgIpc) is 3.46. The Hall–Kier alpha value is -3.37. The smallest absolute Gasteiger partial charge is 0.317 e. The van der Waals surface area contributed by atoms with E-state index in [0.717, 1.165) is 63.2 Å². The van der Waals surface area contributed by atoms with Crippen LogP contribution in [0.3, 0.4) is 0 Å². The molecule has 2 fully saturated rings. The van der Waals surface area contributed by atoms with Crippen LogP contribution in [-0.4, -0.2) is 66.5 Å². The summed E-state index contributed by atoms with van der Waals surface area (Å²) in [5.74, 6) is -0.0795. The van der Waals surface area contributed by atoms with E-state index in [1.165, 1.54) is 0 Å². The molecule has 3 aromatic rings. The monoisotopic (exact) mass is 425 g/mol. The zero-order valence-corrected chi connectivity index (χ0v) is 17.0. The van der Waals surface area contributed by atoms with Gasteiger partial charge in [-0.3, -0.25) is 5.10 Å². The fourth-order valence-corrected chi connectivity index (χ4v) is 4.36. The first-order valence-corrected chi connectivity index (χ1v) is 10.7. The van der Waals surface area contributed by atoms with Crippen molar-refractivity contribution in [1.82, 2.24) is 40.6 Å². The first kappa shape index (κ1) is 19.6. The summed E-state index contributed by atoms with van der Waals surface area (Å²) in [5, 5.41) is 21.9. The predicted molar refractivity (Wildman–Crippen MR) is 112 cm³/mol. The fraction of sp³-hybridized carbons (Fsp3) is 0.500. The number of fused-ring (bicyclic) bond motifs is 1. The Kier molecular flexibility index (Phi) is 5.31. The number of aromatic amines is 1. The molecule has 0 unspecified atom stereocenters. The summed E-state index contributed by atoms with van der Waals surface area (Å²) in [7, 11) is 0. The van der Waals surface area contributed by atoms with Crippen LogP contribution < -0.4 is 10.6 Å². The van der Waals surface area contributed by atoms with Gasteiger partial charge in [0.1, 0.15) is 5.69 Å². The minimum atomic E-state index is -0.522. The van der Waals surface area contributed by atoms with Crippen molar-refractivity contribution in [3.63, 3.8) is 0 Å². The van der Waals surface area contributed by atoms with Gasteiger partial charge < -0.3 is 15.5 Å². The molecule has 1 aliphatic carbocycles. The summed E-state index contributed by atoms with van der Waals surface area (Å²) in [4.78, 5) is 22.8. The van der Waals surface area contributed by atoms with Gasteiger partial charge in [0.15, 0.2) is 23.1 Å². The summed E-state index contributed by atoms with van der Waals surface area (Å²) in [6.45, 7) is 1.64. The first-order valence-electron chi connectivity index (χ1n) is 10.7. The van der Waals surface area contributed by atoms with E-state index in [-0.39, 0.29) is 23.9 Å². The molecule has 31 heavy (non-hydrogen) atoms. The normalized spacial score (nSPS) is 21.4. The fourth-order valence-electron chi connectivity index (χ4n) is 4.36. The van der Waals surface area contributed by atoms with E-state index in [2.05, 4.69) is 41.0 Å². The van der Waals surface area contributed by atoms with Crippen LogP contribution in [0.15, 0.2) is 18.5 Å². The lowest BCUT2D eigenvalue weighted by atomic mass is 9.91. The number of carbonyl (C=O) groups is 1. The molecular weight excluding hydrogens is 401 g/mol. The largest absolute Gasteiger partial charge is 0.365 e. The van der Waals surface area contributed by atoms with E-state index >= 15 is 0 Å². The van der Waals surface area contributed by atoms with E-state index in [4.69, 9.17) is 0 Å². The van der Waals surface area contributed by atoms with E-state index in [1.807, 2.05) is 4.90 Å². The number of aromatic nitrogens is 6. The van der Waals surface area contributed by atoms with Gasteiger partial charge in [0.25, 0.3) is 0 Å². The summed E-state index contributed by atoms with van der Waals surface area (Å²) < 4.78 is 14.5. The number of halogens is 1. The zero-order valence-electron chi connectivity index (χ0n) is 17.0.